The van der Waals surface area contributed by atoms with Gasteiger partial charge in [-0.3, -0.25) is 14.6 Å². The normalized spacial score (nSPS) is 18.0. The van der Waals surface area contributed by atoms with Crippen molar-refractivity contribution in [3.63, 3.8) is 0 Å². The number of carbonyl (C=O) groups excluding carboxylic acids is 1. The molecule has 39 heavy (non-hydrogen) atoms. The zero-order valence-corrected chi connectivity index (χ0v) is 23.4. The van der Waals surface area contributed by atoms with Gasteiger partial charge >= 0.3 is 0 Å². The van der Waals surface area contributed by atoms with Crippen LogP contribution in [-0.4, -0.2) is 81.0 Å². The van der Waals surface area contributed by atoms with E-state index in [2.05, 4.69) is 9.88 Å². The lowest BCUT2D eigenvalue weighted by Crippen LogP contribution is -2.45. The first-order valence-corrected chi connectivity index (χ1v) is 15.4. The minimum Gasteiger partial charge on any atom is -0.379 e. The number of thiazole rings is 1. The molecule has 0 spiro atoms. The number of fused-ring (bicyclic) bond motifs is 1. The topological polar surface area (TPSA) is 83.1 Å². The molecule has 0 aliphatic carbocycles. The Hall–Kier alpha value is -2.51. The summed E-state index contributed by atoms with van der Waals surface area (Å²) in [6.07, 6.45) is 1.43. The van der Waals surface area contributed by atoms with Crippen molar-refractivity contribution in [2.24, 2.45) is 5.92 Å². The number of benzene rings is 2. The highest BCUT2D eigenvalue weighted by atomic mass is 32.2. The monoisotopic (exact) mass is 578 g/mol. The number of rotatable bonds is 8. The van der Waals surface area contributed by atoms with Gasteiger partial charge in [0.15, 0.2) is 10.9 Å². The molecule has 3 heterocycles. The molecule has 2 fully saturated rings. The standard InChI is InChI=1S/C27H32F2N4O4S2/c1-19-3-5-22(6-4-19)39(35,36)32-11-7-20(8-12-32)26(34)33(10-2-9-31-13-15-37-16-14-31)27-30-25-23(29)17-21(28)18-24(25)38-27/h3-6,17-18,20H,2,7-16H2,1H3. The summed E-state index contributed by atoms with van der Waals surface area (Å²) < 4.78 is 61.7. The van der Waals surface area contributed by atoms with E-state index < -0.39 is 27.6 Å². The van der Waals surface area contributed by atoms with Crippen molar-refractivity contribution in [3.05, 3.63) is 53.6 Å². The maximum Gasteiger partial charge on any atom is 0.243 e. The Kier molecular flexibility index (Phi) is 8.57. The third kappa shape index (κ3) is 6.30. The van der Waals surface area contributed by atoms with E-state index in [1.54, 1.807) is 29.2 Å². The number of aryl methyl sites for hydroxylation is 1. The zero-order chi connectivity index (χ0) is 27.6. The van der Waals surface area contributed by atoms with Crippen molar-refractivity contribution >= 4 is 42.6 Å². The second-order valence-electron chi connectivity index (χ2n) is 10.0. The minimum absolute atomic E-state index is 0.0430. The molecule has 3 aromatic rings. The van der Waals surface area contributed by atoms with Crippen molar-refractivity contribution < 1.29 is 26.7 Å². The highest BCUT2D eigenvalue weighted by molar-refractivity contribution is 7.89. The molecule has 5 rings (SSSR count). The number of anilines is 1. The number of nitrogens with zero attached hydrogens (tertiary/aromatic N) is 4. The highest BCUT2D eigenvalue weighted by Crippen LogP contribution is 2.34. The molecule has 8 nitrogen and oxygen atoms in total. The summed E-state index contributed by atoms with van der Waals surface area (Å²) in [5.41, 5.74) is 1.02. The SMILES string of the molecule is Cc1ccc(S(=O)(=O)N2CCC(C(=O)N(CCCN3CCOCC3)c3nc4c(F)cc(F)cc4s3)CC2)cc1. The number of hydrogen-bond acceptors (Lipinski definition) is 7. The Bertz CT molecular complexity index is 1420. The van der Waals surface area contributed by atoms with E-state index in [0.29, 0.717) is 48.9 Å². The van der Waals surface area contributed by atoms with Crippen LogP contribution >= 0.6 is 11.3 Å². The fourth-order valence-electron chi connectivity index (χ4n) is 5.06. The Balaban J connectivity index is 1.31. The van der Waals surface area contributed by atoms with E-state index >= 15 is 0 Å². The van der Waals surface area contributed by atoms with Crippen molar-refractivity contribution in [3.8, 4) is 0 Å². The van der Waals surface area contributed by atoms with Crippen LogP contribution in [0.4, 0.5) is 13.9 Å². The van der Waals surface area contributed by atoms with Crippen LogP contribution in [0.25, 0.3) is 10.2 Å². The number of sulfonamides is 1. The van der Waals surface area contributed by atoms with E-state index in [-0.39, 0.29) is 29.4 Å². The Morgan fingerprint density at radius 3 is 2.49 bits per heavy atom. The van der Waals surface area contributed by atoms with Gasteiger partial charge in [-0.05, 0) is 44.4 Å². The molecule has 0 atom stereocenters. The van der Waals surface area contributed by atoms with Crippen LogP contribution < -0.4 is 4.90 Å². The van der Waals surface area contributed by atoms with Gasteiger partial charge < -0.3 is 4.74 Å². The van der Waals surface area contributed by atoms with E-state index in [4.69, 9.17) is 4.74 Å². The van der Waals surface area contributed by atoms with Crippen molar-refractivity contribution in [2.45, 2.75) is 31.1 Å². The molecule has 2 saturated heterocycles. The lowest BCUT2D eigenvalue weighted by atomic mass is 9.96. The third-order valence-corrected chi connectivity index (χ3v) is 10.3. The van der Waals surface area contributed by atoms with Crippen LogP contribution in [0.2, 0.25) is 0 Å². The molecule has 1 amide bonds. The molecule has 210 valence electrons. The number of hydrogen-bond donors (Lipinski definition) is 0. The summed E-state index contributed by atoms with van der Waals surface area (Å²) in [6, 6.07) is 8.76. The Morgan fingerprint density at radius 1 is 1.10 bits per heavy atom. The predicted molar refractivity (Wildman–Crippen MR) is 146 cm³/mol. The molecule has 1 aromatic heterocycles. The first kappa shape index (κ1) is 28.0. The fourth-order valence-corrected chi connectivity index (χ4v) is 7.57. The fraction of sp³-hybridized carbons (Fsp3) is 0.481. The van der Waals surface area contributed by atoms with Gasteiger partial charge in [-0.25, -0.2) is 22.2 Å². The highest BCUT2D eigenvalue weighted by Gasteiger charge is 2.35. The average Bonchev–Trinajstić information content (AvgIpc) is 3.36. The first-order valence-electron chi connectivity index (χ1n) is 13.2. The van der Waals surface area contributed by atoms with Gasteiger partial charge in [-0.1, -0.05) is 29.0 Å². The second-order valence-corrected chi connectivity index (χ2v) is 13.0. The lowest BCUT2D eigenvalue weighted by molar-refractivity contribution is -0.123. The largest absolute Gasteiger partial charge is 0.379 e. The van der Waals surface area contributed by atoms with E-state index in [0.717, 1.165) is 42.6 Å². The summed E-state index contributed by atoms with van der Waals surface area (Å²) in [7, 11) is -3.65. The summed E-state index contributed by atoms with van der Waals surface area (Å²) in [6.45, 7) is 6.51. The minimum atomic E-state index is -3.65. The number of piperidine rings is 1. The molecule has 0 N–H and O–H groups in total. The smallest absolute Gasteiger partial charge is 0.243 e. The predicted octanol–water partition coefficient (Wildman–Crippen LogP) is 4.04. The van der Waals surface area contributed by atoms with Gasteiger partial charge in [-0.15, -0.1) is 0 Å². The van der Waals surface area contributed by atoms with Gasteiger partial charge in [0.05, 0.1) is 22.8 Å². The van der Waals surface area contributed by atoms with E-state index in [1.807, 2.05) is 6.92 Å². The maximum absolute atomic E-state index is 14.4. The Labute approximate surface area is 231 Å². The quantitative estimate of drug-likeness (QED) is 0.401. The van der Waals surface area contributed by atoms with Crippen LogP contribution in [0.1, 0.15) is 24.8 Å². The number of halogens is 2. The third-order valence-electron chi connectivity index (χ3n) is 7.32. The van der Waals surface area contributed by atoms with Gasteiger partial charge in [0.25, 0.3) is 0 Å². The number of carbonyl (C=O) groups is 1. The molecule has 0 bridgehead atoms. The molecular formula is C27H32F2N4O4S2. The summed E-state index contributed by atoms with van der Waals surface area (Å²) >= 11 is 1.09. The molecular weight excluding hydrogens is 546 g/mol. The van der Waals surface area contributed by atoms with Crippen LogP contribution in [0, 0.1) is 24.5 Å². The number of ether oxygens (including phenoxy) is 1. The molecule has 12 heteroatoms. The van der Waals surface area contributed by atoms with Gasteiger partial charge in [-0.2, -0.15) is 4.31 Å². The number of morpholine rings is 1. The van der Waals surface area contributed by atoms with Crippen LogP contribution in [0.3, 0.4) is 0 Å². The average molecular weight is 579 g/mol. The van der Waals surface area contributed by atoms with E-state index in [9.17, 15) is 22.0 Å². The van der Waals surface area contributed by atoms with Gasteiger partial charge in [0.1, 0.15) is 11.3 Å². The van der Waals surface area contributed by atoms with Crippen LogP contribution in [0.15, 0.2) is 41.3 Å². The van der Waals surface area contributed by atoms with Crippen molar-refractivity contribution in [2.75, 3.05) is 57.4 Å². The van der Waals surface area contributed by atoms with Crippen LogP contribution in [0.5, 0.6) is 0 Å². The molecule has 0 unspecified atom stereocenters. The first-order chi connectivity index (χ1) is 18.7. The molecule has 2 aliphatic heterocycles. The summed E-state index contributed by atoms with van der Waals surface area (Å²) in [5.74, 6) is -2.01. The molecule has 0 saturated carbocycles. The maximum atomic E-state index is 14.4. The van der Waals surface area contributed by atoms with Crippen LogP contribution in [-0.2, 0) is 19.6 Å². The second kappa shape index (κ2) is 11.9. The number of aromatic nitrogens is 1. The van der Waals surface area contributed by atoms with Crippen molar-refractivity contribution in [1.82, 2.24) is 14.2 Å². The zero-order valence-electron chi connectivity index (χ0n) is 21.8. The van der Waals surface area contributed by atoms with Gasteiger partial charge in [0.2, 0.25) is 15.9 Å². The summed E-state index contributed by atoms with van der Waals surface area (Å²) in [4.78, 5) is 22.3. The van der Waals surface area contributed by atoms with E-state index in [1.165, 1.54) is 10.4 Å². The molecule has 0 radical (unpaired) electrons. The molecule has 2 aromatic carbocycles. The van der Waals surface area contributed by atoms with Gasteiger partial charge in [0, 0.05) is 51.3 Å². The Morgan fingerprint density at radius 2 is 1.79 bits per heavy atom. The van der Waals surface area contributed by atoms with Crippen molar-refractivity contribution in [1.29, 1.82) is 0 Å². The summed E-state index contributed by atoms with van der Waals surface area (Å²) in [5, 5.41) is 0.330. The molecule has 2 aliphatic rings. The lowest BCUT2D eigenvalue weighted by Gasteiger charge is -2.33. The number of amides is 1.